The largest absolute Gasteiger partial charge is 0.493 e. The Morgan fingerprint density at radius 3 is 2.68 bits per heavy atom. The van der Waals surface area contributed by atoms with Crippen LogP contribution in [-0.2, 0) is 0 Å². The minimum absolute atomic E-state index is 0.333. The Morgan fingerprint density at radius 1 is 1.09 bits per heavy atom. The number of anilines is 1. The molecule has 6 heteroatoms. The number of fused-ring (bicyclic) bond motifs is 1. The molecule has 1 aromatic heterocycles. The lowest BCUT2D eigenvalue weighted by Crippen LogP contribution is -1.99. The highest BCUT2D eigenvalue weighted by molar-refractivity contribution is 5.86. The molecule has 3 rings (SSSR count). The van der Waals surface area contributed by atoms with Crippen LogP contribution in [0.15, 0.2) is 47.6 Å². The lowest BCUT2D eigenvalue weighted by molar-refractivity contribution is 0.354. The number of benzene rings is 2. The molecule has 0 radical (unpaired) electrons. The maximum atomic E-state index is 5.93. The highest BCUT2D eigenvalue weighted by atomic mass is 16.5. The van der Waals surface area contributed by atoms with E-state index in [1.807, 2.05) is 42.5 Å². The molecule has 0 saturated heterocycles. The minimum atomic E-state index is 0.333. The number of rotatable bonds is 4. The van der Waals surface area contributed by atoms with E-state index in [4.69, 9.17) is 15.2 Å². The molecule has 0 fully saturated rings. The number of ether oxygens (including phenoxy) is 2. The van der Waals surface area contributed by atoms with Gasteiger partial charge in [-0.2, -0.15) is 9.78 Å². The van der Waals surface area contributed by atoms with Gasteiger partial charge in [0.2, 0.25) is 5.95 Å². The molecule has 22 heavy (non-hydrogen) atoms. The first-order chi connectivity index (χ1) is 10.7. The van der Waals surface area contributed by atoms with Crippen LogP contribution >= 0.6 is 0 Å². The average molecular weight is 296 g/mol. The van der Waals surface area contributed by atoms with Gasteiger partial charge in [0.25, 0.3) is 0 Å². The minimum Gasteiger partial charge on any atom is -0.493 e. The fraction of sp³-hybridized carbons (Fsp3) is 0.125. The Bertz CT molecular complexity index is 839. The van der Waals surface area contributed by atoms with Crippen LogP contribution in [0.1, 0.15) is 5.56 Å². The summed E-state index contributed by atoms with van der Waals surface area (Å²) in [4.78, 5) is 4.27. The van der Waals surface area contributed by atoms with E-state index < -0.39 is 0 Å². The van der Waals surface area contributed by atoms with E-state index in [9.17, 15) is 0 Å². The summed E-state index contributed by atoms with van der Waals surface area (Å²) in [6.45, 7) is 0. The quantitative estimate of drug-likeness (QED) is 0.751. The van der Waals surface area contributed by atoms with Crippen LogP contribution in [0, 0.1) is 0 Å². The topological polar surface area (TPSA) is 74.7 Å². The van der Waals surface area contributed by atoms with Gasteiger partial charge in [0.15, 0.2) is 11.5 Å². The zero-order chi connectivity index (χ0) is 15.5. The second kappa shape index (κ2) is 5.77. The standard InChI is InChI=1S/C16H16N4O2/c1-21-14-9-5-6-11(15(14)22-2)10-18-20-13-8-4-3-7-12(13)19-16(20)17/h3-10H,1-2H3,(H2,17,19)/b18-10+. The van der Waals surface area contributed by atoms with Crippen molar-refractivity contribution in [2.24, 2.45) is 5.10 Å². The van der Waals surface area contributed by atoms with Gasteiger partial charge in [-0.05, 0) is 24.3 Å². The van der Waals surface area contributed by atoms with Crippen molar-refractivity contribution in [1.29, 1.82) is 0 Å². The molecule has 0 aliphatic heterocycles. The first-order valence-electron chi connectivity index (χ1n) is 6.73. The molecule has 0 bridgehead atoms. The summed E-state index contributed by atoms with van der Waals surface area (Å²) in [5, 5.41) is 4.42. The van der Waals surface area contributed by atoms with Gasteiger partial charge in [0.05, 0.1) is 31.5 Å². The van der Waals surface area contributed by atoms with E-state index in [1.165, 1.54) is 0 Å². The van der Waals surface area contributed by atoms with Crippen molar-refractivity contribution in [3.8, 4) is 11.5 Å². The smallest absolute Gasteiger partial charge is 0.222 e. The molecule has 0 amide bonds. The number of nitrogens with zero attached hydrogens (tertiary/aromatic N) is 3. The van der Waals surface area contributed by atoms with Crippen LogP contribution in [0.2, 0.25) is 0 Å². The normalized spacial score (nSPS) is 11.2. The van der Waals surface area contributed by atoms with E-state index in [-0.39, 0.29) is 0 Å². The number of nitrogen functional groups attached to an aromatic ring is 1. The van der Waals surface area contributed by atoms with Crippen LogP contribution in [-0.4, -0.2) is 30.1 Å². The first-order valence-corrected chi connectivity index (χ1v) is 6.73. The molecular weight excluding hydrogens is 280 g/mol. The Balaban J connectivity index is 2.05. The van der Waals surface area contributed by atoms with Gasteiger partial charge >= 0.3 is 0 Å². The highest BCUT2D eigenvalue weighted by Crippen LogP contribution is 2.29. The van der Waals surface area contributed by atoms with Gasteiger partial charge in [-0.3, -0.25) is 0 Å². The third-order valence-corrected chi connectivity index (χ3v) is 3.31. The van der Waals surface area contributed by atoms with Gasteiger partial charge < -0.3 is 15.2 Å². The third kappa shape index (κ3) is 2.35. The molecule has 0 unspecified atom stereocenters. The average Bonchev–Trinajstić information content (AvgIpc) is 2.87. The zero-order valence-corrected chi connectivity index (χ0v) is 12.4. The molecule has 2 aromatic carbocycles. The van der Waals surface area contributed by atoms with Gasteiger partial charge in [0.1, 0.15) is 0 Å². The maximum absolute atomic E-state index is 5.93. The molecule has 0 aliphatic carbocycles. The molecule has 6 nitrogen and oxygen atoms in total. The van der Waals surface area contributed by atoms with E-state index >= 15 is 0 Å². The number of methoxy groups -OCH3 is 2. The maximum Gasteiger partial charge on any atom is 0.222 e. The van der Waals surface area contributed by atoms with Gasteiger partial charge in [0, 0.05) is 5.56 Å². The lowest BCUT2D eigenvalue weighted by Gasteiger charge is -2.09. The molecule has 1 heterocycles. The number of nitrogens with two attached hydrogens (primary N) is 1. The summed E-state index contributed by atoms with van der Waals surface area (Å²) >= 11 is 0. The third-order valence-electron chi connectivity index (χ3n) is 3.31. The monoisotopic (exact) mass is 296 g/mol. The fourth-order valence-electron chi connectivity index (χ4n) is 2.29. The van der Waals surface area contributed by atoms with Crippen molar-refractivity contribution >= 4 is 23.2 Å². The molecule has 0 atom stereocenters. The Labute approximate surface area is 127 Å². The Hall–Kier alpha value is -3.02. The van der Waals surface area contributed by atoms with Crippen LogP contribution in [0.4, 0.5) is 5.95 Å². The SMILES string of the molecule is COc1cccc(/C=N/n2c(N)nc3ccccc32)c1OC. The number of imidazole rings is 1. The van der Waals surface area contributed by atoms with Crippen molar-refractivity contribution < 1.29 is 9.47 Å². The van der Waals surface area contributed by atoms with Gasteiger partial charge in [-0.15, -0.1) is 0 Å². The van der Waals surface area contributed by atoms with Crippen molar-refractivity contribution in [1.82, 2.24) is 9.66 Å². The molecule has 0 saturated carbocycles. The number of aromatic nitrogens is 2. The summed E-state index contributed by atoms with van der Waals surface area (Å²) in [6, 6.07) is 13.2. The van der Waals surface area contributed by atoms with E-state index in [0.717, 1.165) is 16.6 Å². The molecule has 2 N–H and O–H groups in total. The molecule has 0 spiro atoms. The molecular formula is C16H16N4O2. The van der Waals surface area contributed by atoms with Crippen molar-refractivity contribution in [3.63, 3.8) is 0 Å². The lowest BCUT2D eigenvalue weighted by atomic mass is 10.2. The van der Waals surface area contributed by atoms with Crippen LogP contribution < -0.4 is 15.2 Å². The van der Waals surface area contributed by atoms with E-state index in [0.29, 0.717) is 17.4 Å². The predicted molar refractivity (Wildman–Crippen MR) is 86.7 cm³/mol. The Morgan fingerprint density at radius 2 is 1.91 bits per heavy atom. The van der Waals surface area contributed by atoms with Crippen molar-refractivity contribution in [2.75, 3.05) is 20.0 Å². The van der Waals surface area contributed by atoms with Crippen LogP contribution in [0.25, 0.3) is 11.0 Å². The van der Waals surface area contributed by atoms with E-state index in [1.54, 1.807) is 25.1 Å². The summed E-state index contributed by atoms with van der Waals surface area (Å²) in [5.74, 6) is 1.60. The summed E-state index contributed by atoms with van der Waals surface area (Å²) in [6.07, 6.45) is 1.67. The summed E-state index contributed by atoms with van der Waals surface area (Å²) < 4.78 is 12.3. The number of para-hydroxylation sites is 3. The van der Waals surface area contributed by atoms with Crippen LogP contribution in [0.3, 0.4) is 0 Å². The fourth-order valence-corrected chi connectivity index (χ4v) is 2.29. The summed E-state index contributed by atoms with van der Waals surface area (Å²) in [7, 11) is 3.19. The second-order valence-corrected chi connectivity index (χ2v) is 4.60. The van der Waals surface area contributed by atoms with Gasteiger partial charge in [-0.1, -0.05) is 18.2 Å². The van der Waals surface area contributed by atoms with Crippen LogP contribution in [0.5, 0.6) is 11.5 Å². The highest BCUT2D eigenvalue weighted by Gasteiger charge is 2.09. The van der Waals surface area contributed by atoms with Crippen molar-refractivity contribution in [2.45, 2.75) is 0 Å². The summed E-state index contributed by atoms with van der Waals surface area (Å²) in [5.41, 5.74) is 8.36. The predicted octanol–water partition coefficient (Wildman–Crippen LogP) is 2.52. The Kier molecular flexibility index (Phi) is 3.65. The molecule has 3 aromatic rings. The van der Waals surface area contributed by atoms with Gasteiger partial charge in [-0.25, -0.2) is 4.98 Å². The zero-order valence-electron chi connectivity index (χ0n) is 12.4. The van der Waals surface area contributed by atoms with E-state index in [2.05, 4.69) is 10.1 Å². The second-order valence-electron chi connectivity index (χ2n) is 4.60. The van der Waals surface area contributed by atoms with Crippen molar-refractivity contribution in [3.05, 3.63) is 48.0 Å². The molecule has 112 valence electrons. The number of hydrogen-bond donors (Lipinski definition) is 1. The molecule has 0 aliphatic rings. The number of hydrogen-bond acceptors (Lipinski definition) is 5. The first kappa shape index (κ1) is 13.9.